The van der Waals surface area contributed by atoms with Crippen LogP contribution in [0.25, 0.3) is 11.0 Å². The first-order valence-corrected chi connectivity index (χ1v) is 6.97. The van der Waals surface area contributed by atoms with Gasteiger partial charge in [0, 0.05) is 6.20 Å². The van der Waals surface area contributed by atoms with E-state index >= 15 is 0 Å². The summed E-state index contributed by atoms with van der Waals surface area (Å²) in [5.74, 6) is -0.985. The van der Waals surface area contributed by atoms with Crippen molar-refractivity contribution in [2.75, 3.05) is 5.32 Å². The van der Waals surface area contributed by atoms with Crippen LogP contribution in [0.1, 0.15) is 0 Å². The summed E-state index contributed by atoms with van der Waals surface area (Å²) >= 11 is 5.84. The fourth-order valence-electron chi connectivity index (χ4n) is 2.05. The van der Waals surface area contributed by atoms with Crippen molar-refractivity contribution in [1.82, 2.24) is 14.5 Å². The van der Waals surface area contributed by atoms with E-state index in [-0.39, 0.29) is 22.8 Å². The zero-order chi connectivity index (χ0) is 16.4. The Bertz CT molecular complexity index is 958. The summed E-state index contributed by atoms with van der Waals surface area (Å²) in [7, 11) is 0. The molecule has 2 heterocycles. The van der Waals surface area contributed by atoms with Crippen LogP contribution in [0.15, 0.2) is 47.7 Å². The molecule has 1 N–H and O–H groups in total. The molecule has 0 radical (unpaired) electrons. The van der Waals surface area contributed by atoms with Gasteiger partial charge in [-0.1, -0.05) is 11.6 Å². The number of nitrogens with one attached hydrogen (secondary N) is 1. The molecule has 0 aliphatic rings. The number of rotatable bonds is 3. The summed E-state index contributed by atoms with van der Waals surface area (Å²) in [6.07, 6.45) is 2.78. The molecule has 3 aromatic rings. The summed E-state index contributed by atoms with van der Waals surface area (Å²) < 4.78 is 14.1. The fourth-order valence-corrected chi connectivity index (χ4v) is 2.26. The number of carbonyl (C=O) groups is 1. The van der Waals surface area contributed by atoms with Crippen LogP contribution < -0.4 is 10.9 Å². The van der Waals surface area contributed by atoms with E-state index in [0.29, 0.717) is 11.0 Å². The van der Waals surface area contributed by atoms with Crippen molar-refractivity contribution in [2.24, 2.45) is 0 Å². The predicted octanol–water partition coefficient (Wildman–Crippen LogP) is 2.22. The molecule has 0 saturated carbocycles. The Hall–Kier alpha value is -2.80. The minimum Gasteiger partial charge on any atom is -0.323 e. The summed E-state index contributed by atoms with van der Waals surface area (Å²) in [4.78, 5) is 32.3. The number of anilines is 1. The number of halogens is 2. The summed E-state index contributed by atoms with van der Waals surface area (Å²) in [6, 6.07) is 6.82. The van der Waals surface area contributed by atoms with Gasteiger partial charge in [0.25, 0.3) is 5.56 Å². The van der Waals surface area contributed by atoms with Crippen LogP contribution in [-0.4, -0.2) is 20.4 Å². The smallest absolute Gasteiger partial charge is 0.263 e. The van der Waals surface area contributed by atoms with Gasteiger partial charge in [0.1, 0.15) is 18.7 Å². The molecule has 6 nitrogen and oxygen atoms in total. The molecule has 8 heteroatoms. The Balaban J connectivity index is 1.83. The van der Waals surface area contributed by atoms with Crippen molar-refractivity contribution in [3.05, 3.63) is 64.0 Å². The highest BCUT2D eigenvalue weighted by Crippen LogP contribution is 2.22. The lowest BCUT2D eigenvalue weighted by molar-refractivity contribution is -0.116. The lowest BCUT2D eigenvalue weighted by atomic mass is 10.3. The third kappa shape index (κ3) is 3.19. The molecule has 0 atom stereocenters. The number of hydrogen-bond acceptors (Lipinski definition) is 4. The van der Waals surface area contributed by atoms with E-state index in [1.807, 2.05) is 0 Å². The molecule has 0 saturated heterocycles. The number of benzene rings is 1. The SMILES string of the molecule is O=C(Cn1cnc2ncccc2c1=O)Nc1ccc(F)cc1Cl. The van der Waals surface area contributed by atoms with Gasteiger partial charge in [0.15, 0.2) is 5.65 Å². The molecule has 0 spiro atoms. The number of hydrogen-bond donors (Lipinski definition) is 1. The molecule has 0 bridgehead atoms. The standard InChI is InChI=1S/C15H10ClFN4O2/c16-11-6-9(17)3-4-12(11)20-13(22)7-21-8-19-14-10(15(21)23)2-1-5-18-14/h1-6,8H,7H2,(H,20,22). The lowest BCUT2D eigenvalue weighted by Gasteiger charge is -2.09. The topological polar surface area (TPSA) is 76.9 Å². The number of aromatic nitrogens is 3. The number of amides is 1. The highest BCUT2D eigenvalue weighted by Gasteiger charge is 2.10. The van der Waals surface area contributed by atoms with E-state index in [1.54, 1.807) is 12.1 Å². The van der Waals surface area contributed by atoms with E-state index in [4.69, 9.17) is 11.6 Å². The van der Waals surface area contributed by atoms with Gasteiger partial charge in [-0.2, -0.15) is 0 Å². The number of nitrogens with zero attached hydrogens (tertiary/aromatic N) is 3. The maximum atomic E-state index is 13.0. The molecule has 0 unspecified atom stereocenters. The van der Waals surface area contributed by atoms with E-state index in [1.165, 1.54) is 24.7 Å². The number of carbonyl (C=O) groups excluding carboxylic acids is 1. The minimum absolute atomic E-state index is 0.0755. The molecule has 116 valence electrons. The van der Waals surface area contributed by atoms with Gasteiger partial charge in [0.2, 0.25) is 5.91 Å². The Morgan fingerprint density at radius 3 is 2.91 bits per heavy atom. The molecule has 0 aliphatic carbocycles. The first kappa shape index (κ1) is 15.1. The quantitative estimate of drug-likeness (QED) is 0.798. The number of pyridine rings is 1. The summed E-state index contributed by atoms with van der Waals surface area (Å²) in [6.45, 7) is -0.246. The van der Waals surface area contributed by atoms with Crippen molar-refractivity contribution < 1.29 is 9.18 Å². The van der Waals surface area contributed by atoms with Crippen LogP contribution in [0.2, 0.25) is 5.02 Å². The monoisotopic (exact) mass is 332 g/mol. The third-order valence-electron chi connectivity index (χ3n) is 3.12. The molecular formula is C15H10ClFN4O2. The van der Waals surface area contributed by atoms with Gasteiger partial charge >= 0.3 is 0 Å². The molecule has 0 aliphatic heterocycles. The van der Waals surface area contributed by atoms with Crippen molar-refractivity contribution >= 4 is 34.2 Å². The van der Waals surface area contributed by atoms with Crippen molar-refractivity contribution in [2.45, 2.75) is 6.54 Å². The van der Waals surface area contributed by atoms with Gasteiger partial charge in [-0.15, -0.1) is 0 Å². The second-order valence-electron chi connectivity index (χ2n) is 4.72. The highest BCUT2D eigenvalue weighted by atomic mass is 35.5. The van der Waals surface area contributed by atoms with Gasteiger partial charge in [-0.3, -0.25) is 14.2 Å². The van der Waals surface area contributed by atoms with Crippen LogP contribution in [0.4, 0.5) is 10.1 Å². The first-order chi connectivity index (χ1) is 11.0. The van der Waals surface area contributed by atoms with Crippen LogP contribution in [-0.2, 0) is 11.3 Å². The Morgan fingerprint density at radius 1 is 1.30 bits per heavy atom. The maximum absolute atomic E-state index is 13.0. The average Bonchev–Trinajstić information content (AvgIpc) is 2.53. The molecule has 0 fully saturated rings. The fraction of sp³-hybridized carbons (Fsp3) is 0.0667. The van der Waals surface area contributed by atoms with Crippen LogP contribution in [0.5, 0.6) is 0 Å². The normalized spacial score (nSPS) is 10.7. The maximum Gasteiger partial charge on any atom is 0.263 e. The highest BCUT2D eigenvalue weighted by molar-refractivity contribution is 6.33. The van der Waals surface area contributed by atoms with E-state index in [0.717, 1.165) is 10.6 Å². The Labute approximate surface area is 134 Å². The van der Waals surface area contributed by atoms with Crippen molar-refractivity contribution in [3.63, 3.8) is 0 Å². The molecule has 1 amide bonds. The minimum atomic E-state index is -0.504. The largest absolute Gasteiger partial charge is 0.323 e. The average molecular weight is 333 g/mol. The number of fused-ring (bicyclic) bond motifs is 1. The second kappa shape index (κ2) is 6.13. The Morgan fingerprint density at radius 2 is 2.13 bits per heavy atom. The van der Waals surface area contributed by atoms with Crippen LogP contribution in [0, 0.1) is 5.82 Å². The van der Waals surface area contributed by atoms with Gasteiger partial charge in [-0.25, -0.2) is 14.4 Å². The summed E-state index contributed by atoms with van der Waals surface area (Å²) in [5, 5.41) is 2.92. The third-order valence-corrected chi connectivity index (χ3v) is 3.43. The van der Waals surface area contributed by atoms with Crippen molar-refractivity contribution in [1.29, 1.82) is 0 Å². The van der Waals surface area contributed by atoms with E-state index in [9.17, 15) is 14.0 Å². The summed E-state index contributed by atoms with van der Waals surface area (Å²) in [5.41, 5.74) is 0.209. The Kier molecular flexibility index (Phi) is 4.03. The molecule has 3 rings (SSSR count). The van der Waals surface area contributed by atoms with Gasteiger partial charge in [0.05, 0.1) is 16.1 Å². The second-order valence-corrected chi connectivity index (χ2v) is 5.13. The first-order valence-electron chi connectivity index (χ1n) is 6.59. The van der Waals surface area contributed by atoms with Gasteiger partial charge < -0.3 is 5.32 Å². The molecule has 23 heavy (non-hydrogen) atoms. The van der Waals surface area contributed by atoms with E-state index < -0.39 is 11.7 Å². The zero-order valence-electron chi connectivity index (χ0n) is 11.7. The van der Waals surface area contributed by atoms with Crippen LogP contribution in [0.3, 0.4) is 0 Å². The molecule has 2 aromatic heterocycles. The van der Waals surface area contributed by atoms with Crippen molar-refractivity contribution in [3.8, 4) is 0 Å². The van der Waals surface area contributed by atoms with E-state index in [2.05, 4.69) is 15.3 Å². The molecule has 1 aromatic carbocycles. The molecular weight excluding hydrogens is 323 g/mol. The van der Waals surface area contributed by atoms with Crippen LogP contribution >= 0.6 is 11.6 Å². The van der Waals surface area contributed by atoms with Gasteiger partial charge in [-0.05, 0) is 30.3 Å². The lowest BCUT2D eigenvalue weighted by Crippen LogP contribution is -2.28. The predicted molar refractivity (Wildman–Crippen MR) is 83.8 cm³/mol. The zero-order valence-corrected chi connectivity index (χ0v) is 12.4.